The van der Waals surface area contributed by atoms with Crippen LogP contribution in [0.25, 0.3) is 10.2 Å². The molecule has 0 saturated heterocycles. The maximum absolute atomic E-state index is 11.8. The minimum atomic E-state index is -0.408. The first-order valence-electron chi connectivity index (χ1n) is 6.80. The highest BCUT2D eigenvalue weighted by atomic mass is 32.1. The van der Waals surface area contributed by atoms with Crippen LogP contribution in [0.5, 0.6) is 5.75 Å². The number of carbonyl (C=O) groups is 1. The van der Waals surface area contributed by atoms with Crippen molar-refractivity contribution in [2.45, 2.75) is 6.92 Å². The molecular weight excluding hydrogens is 306 g/mol. The van der Waals surface area contributed by atoms with Gasteiger partial charge < -0.3 is 14.2 Å². The van der Waals surface area contributed by atoms with Gasteiger partial charge in [-0.15, -0.1) is 0 Å². The summed E-state index contributed by atoms with van der Waals surface area (Å²) in [5, 5.41) is 0.578. The number of amides is 1. The normalized spacial score (nSPS) is 13.8. The molecule has 0 spiro atoms. The van der Waals surface area contributed by atoms with Gasteiger partial charge >= 0.3 is 5.91 Å². The number of hydrazine groups is 1. The molecule has 0 bridgehead atoms. The minimum Gasteiger partial charge on any atom is -0.494 e. The third kappa shape index (κ3) is 3.22. The molecule has 0 fully saturated rings. The van der Waals surface area contributed by atoms with Crippen LogP contribution in [0.3, 0.4) is 0 Å². The van der Waals surface area contributed by atoms with E-state index >= 15 is 0 Å². The van der Waals surface area contributed by atoms with Gasteiger partial charge in [0.25, 0.3) is 0 Å². The number of hydrogen-bond acceptors (Lipinski definition) is 7. The number of hydrogen-bond donors (Lipinski definition) is 2. The lowest BCUT2D eigenvalue weighted by molar-refractivity contribution is -0.121. The molecule has 8 heteroatoms. The number of fused-ring (bicyclic) bond motifs is 1. The smallest absolute Gasteiger partial charge is 0.307 e. The number of ether oxygens (including phenoxy) is 3. The van der Waals surface area contributed by atoms with Crippen molar-refractivity contribution in [3.63, 3.8) is 0 Å². The molecule has 2 heterocycles. The lowest BCUT2D eigenvalue weighted by atomic mass is 10.3. The second-order valence-corrected chi connectivity index (χ2v) is 5.39. The summed E-state index contributed by atoms with van der Waals surface area (Å²) in [5.74, 6) is 0.527. The first kappa shape index (κ1) is 14.5. The average Bonchev–Trinajstić information content (AvgIpc) is 2.96. The molecule has 7 nitrogen and oxygen atoms in total. The Kier molecular flexibility index (Phi) is 4.29. The van der Waals surface area contributed by atoms with Gasteiger partial charge in [-0.05, 0) is 25.1 Å². The lowest BCUT2D eigenvalue weighted by Gasteiger charge is -2.14. The van der Waals surface area contributed by atoms with Crippen LogP contribution in [0.2, 0.25) is 0 Å². The molecule has 0 saturated carbocycles. The quantitative estimate of drug-likeness (QED) is 0.820. The van der Waals surface area contributed by atoms with Crippen molar-refractivity contribution in [2.75, 3.05) is 25.2 Å². The Labute approximate surface area is 130 Å². The summed E-state index contributed by atoms with van der Waals surface area (Å²) in [6.07, 6.45) is 1.30. The standard InChI is InChI=1S/C14H15N3O4S/c1-2-20-9-3-4-10-12(7-9)22-14(15-10)17-16-13(18)11-8-19-5-6-21-11/h3-4,7-8H,2,5-6H2,1H3,(H,15,17)(H,16,18). The number of rotatable bonds is 5. The minimum absolute atomic E-state index is 0.137. The summed E-state index contributed by atoms with van der Waals surface area (Å²) < 4.78 is 16.6. The molecule has 2 N–H and O–H groups in total. The van der Waals surface area contributed by atoms with Gasteiger partial charge in [0.05, 0.1) is 16.8 Å². The van der Waals surface area contributed by atoms with Crippen LogP contribution < -0.4 is 15.6 Å². The number of thiazole rings is 1. The van der Waals surface area contributed by atoms with E-state index in [-0.39, 0.29) is 5.76 Å². The van der Waals surface area contributed by atoms with Crippen molar-refractivity contribution >= 4 is 32.6 Å². The summed E-state index contributed by atoms with van der Waals surface area (Å²) >= 11 is 1.42. The predicted molar refractivity (Wildman–Crippen MR) is 82.5 cm³/mol. The van der Waals surface area contributed by atoms with Gasteiger partial charge in [-0.1, -0.05) is 11.3 Å². The van der Waals surface area contributed by atoms with Crippen molar-refractivity contribution in [2.24, 2.45) is 0 Å². The fourth-order valence-electron chi connectivity index (χ4n) is 1.87. The third-order valence-corrected chi connectivity index (χ3v) is 3.76. The summed E-state index contributed by atoms with van der Waals surface area (Å²) in [6.45, 7) is 3.36. The SMILES string of the molecule is CCOc1ccc2nc(NNC(=O)C3=COCCO3)sc2c1. The first-order valence-corrected chi connectivity index (χ1v) is 7.62. The molecular formula is C14H15N3O4S. The molecule has 0 atom stereocenters. The Bertz CT molecular complexity index is 713. The van der Waals surface area contributed by atoms with E-state index in [1.165, 1.54) is 17.6 Å². The van der Waals surface area contributed by atoms with Crippen molar-refractivity contribution in [1.29, 1.82) is 0 Å². The van der Waals surface area contributed by atoms with Crippen LogP contribution in [-0.4, -0.2) is 30.7 Å². The highest BCUT2D eigenvalue weighted by Crippen LogP contribution is 2.28. The van der Waals surface area contributed by atoms with Gasteiger partial charge in [-0.3, -0.25) is 15.6 Å². The molecule has 116 valence electrons. The Morgan fingerprint density at radius 2 is 2.36 bits per heavy atom. The maximum atomic E-state index is 11.8. The van der Waals surface area contributed by atoms with E-state index in [1.807, 2.05) is 25.1 Å². The van der Waals surface area contributed by atoms with Gasteiger partial charge in [0.1, 0.15) is 25.2 Å². The van der Waals surface area contributed by atoms with Crippen LogP contribution in [0.4, 0.5) is 5.13 Å². The monoisotopic (exact) mass is 321 g/mol. The summed E-state index contributed by atoms with van der Waals surface area (Å²) in [7, 11) is 0. The van der Waals surface area contributed by atoms with Gasteiger partial charge in [0.15, 0.2) is 0 Å². The molecule has 0 unspecified atom stereocenters. The average molecular weight is 321 g/mol. The molecule has 1 aromatic heterocycles. The van der Waals surface area contributed by atoms with E-state index < -0.39 is 5.91 Å². The Hall–Kier alpha value is -2.48. The van der Waals surface area contributed by atoms with Crippen molar-refractivity contribution in [3.05, 3.63) is 30.2 Å². The number of nitrogens with one attached hydrogen (secondary N) is 2. The number of nitrogens with zero attached hydrogens (tertiary/aromatic N) is 1. The zero-order valence-corrected chi connectivity index (χ0v) is 12.7. The van der Waals surface area contributed by atoms with Crippen LogP contribution in [0.1, 0.15) is 6.92 Å². The second kappa shape index (κ2) is 6.52. The van der Waals surface area contributed by atoms with Crippen LogP contribution in [-0.2, 0) is 14.3 Å². The lowest BCUT2D eigenvalue weighted by Crippen LogP contribution is -2.32. The number of carbonyl (C=O) groups excluding carboxylic acids is 1. The first-order chi connectivity index (χ1) is 10.8. The summed E-state index contributed by atoms with van der Waals surface area (Å²) in [4.78, 5) is 16.2. The van der Waals surface area contributed by atoms with Gasteiger partial charge in [-0.25, -0.2) is 4.98 Å². The molecule has 1 amide bonds. The van der Waals surface area contributed by atoms with E-state index in [2.05, 4.69) is 15.8 Å². The largest absolute Gasteiger partial charge is 0.494 e. The van der Waals surface area contributed by atoms with E-state index in [0.717, 1.165) is 16.0 Å². The fourth-order valence-corrected chi connectivity index (χ4v) is 2.72. The summed E-state index contributed by atoms with van der Waals surface area (Å²) in [6, 6.07) is 5.67. The molecule has 0 aliphatic carbocycles. The number of benzene rings is 1. The predicted octanol–water partition coefficient (Wildman–Crippen LogP) is 2.03. The van der Waals surface area contributed by atoms with E-state index in [4.69, 9.17) is 14.2 Å². The number of aromatic nitrogens is 1. The van der Waals surface area contributed by atoms with Crippen molar-refractivity contribution in [1.82, 2.24) is 10.4 Å². The molecule has 3 rings (SSSR count). The van der Waals surface area contributed by atoms with Gasteiger partial charge in [-0.2, -0.15) is 0 Å². The van der Waals surface area contributed by atoms with Gasteiger partial charge in [0.2, 0.25) is 10.9 Å². The second-order valence-electron chi connectivity index (χ2n) is 4.36. The van der Waals surface area contributed by atoms with E-state index in [0.29, 0.717) is 25.0 Å². The van der Waals surface area contributed by atoms with Crippen LogP contribution in [0, 0.1) is 0 Å². The van der Waals surface area contributed by atoms with Crippen molar-refractivity contribution in [3.8, 4) is 5.75 Å². The zero-order chi connectivity index (χ0) is 15.4. The van der Waals surface area contributed by atoms with E-state index in [1.54, 1.807) is 0 Å². The molecule has 1 aromatic carbocycles. The highest BCUT2D eigenvalue weighted by molar-refractivity contribution is 7.22. The Morgan fingerprint density at radius 1 is 1.45 bits per heavy atom. The summed E-state index contributed by atoms with van der Waals surface area (Å²) in [5.41, 5.74) is 6.13. The third-order valence-electron chi connectivity index (χ3n) is 2.83. The maximum Gasteiger partial charge on any atom is 0.307 e. The van der Waals surface area contributed by atoms with E-state index in [9.17, 15) is 4.79 Å². The number of anilines is 1. The molecule has 22 heavy (non-hydrogen) atoms. The molecule has 2 aromatic rings. The molecule has 0 radical (unpaired) electrons. The fraction of sp³-hybridized carbons (Fsp3) is 0.286. The molecule has 1 aliphatic rings. The van der Waals surface area contributed by atoms with Crippen molar-refractivity contribution < 1.29 is 19.0 Å². The highest BCUT2D eigenvalue weighted by Gasteiger charge is 2.15. The Morgan fingerprint density at radius 3 is 3.14 bits per heavy atom. The van der Waals surface area contributed by atoms with Crippen LogP contribution >= 0.6 is 11.3 Å². The Balaban J connectivity index is 1.66. The zero-order valence-electron chi connectivity index (χ0n) is 11.9. The van der Waals surface area contributed by atoms with Crippen LogP contribution in [0.15, 0.2) is 30.2 Å². The molecule has 1 aliphatic heterocycles. The van der Waals surface area contributed by atoms with Gasteiger partial charge in [0, 0.05) is 0 Å². The topological polar surface area (TPSA) is 81.7 Å².